The average Bonchev–Trinajstić information content (AvgIpc) is 2.51. The van der Waals surface area contributed by atoms with E-state index >= 15 is 0 Å². The molecule has 62 valence electrons. The van der Waals surface area contributed by atoms with Gasteiger partial charge in [-0.05, 0) is 17.5 Å². The molecule has 0 radical (unpaired) electrons. The van der Waals surface area contributed by atoms with Crippen molar-refractivity contribution in [2.24, 2.45) is 0 Å². The SMILES string of the molecule is C=C/C=C(/C(=O)O)c1cccs1. The first-order valence-corrected chi connectivity index (χ1v) is 4.23. The predicted octanol–water partition coefficient (Wildman–Crippen LogP) is 2.40. The van der Waals surface area contributed by atoms with Crippen molar-refractivity contribution in [2.75, 3.05) is 0 Å². The van der Waals surface area contributed by atoms with Gasteiger partial charge in [-0.15, -0.1) is 11.3 Å². The highest BCUT2D eigenvalue weighted by Crippen LogP contribution is 2.20. The zero-order valence-corrected chi connectivity index (χ0v) is 7.17. The maximum atomic E-state index is 10.7. The molecule has 0 unspecified atom stereocenters. The van der Waals surface area contributed by atoms with Crippen LogP contribution in [0.1, 0.15) is 4.88 Å². The Bertz CT molecular complexity index is 309. The molecular weight excluding hydrogens is 172 g/mol. The molecule has 0 aromatic carbocycles. The third kappa shape index (κ3) is 1.83. The van der Waals surface area contributed by atoms with Crippen LogP contribution in [-0.4, -0.2) is 11.1 Å². The summed E-state index contributed by atoms with van der Waals surface area (Å²) in [7, 11) is 0. The lowest BCUT2D eigenvalue weighted by Gasteiger charge is -1.94. The van der Waals surface area contributed by atoms with E-state index in [1.54, 1.807) is 6.07 Å². The number of carbonyl (C=O) groups is 1. The van der Waals surface area contributed by atoms with E-state index in [-0.39, 0.29) is 0 Å². The summed E-state index contributed by atoms with van der Waals surface area (Å²) in [6.07, 6.45) is 2.97. The summed E-state index contributed by atoms with van der Waals surface area (Å²) in [5.74, 6) is -0.919. The average molecular weight is 180 g/mol. The number of aliphatic carboxylic acids is 1. The Morgan fingerprint density at radius 1 is 1.67 bits per heavy atom. The van der Waals surface area contributed by atoms with Crippen LogP contribution in [0.2, 0.25) is 0 Å². The largest absolute Gasteiger partial charge is 0.478 e. The molecule has 1 heterocycles. The topological polar surface area (TPSA) is 37.3 Å². The molecule has 1 N–H and O–H groups in total. The Labute approximate surface area is 74.5 Å². The molecule has 1 aromatic rings. The van der Waals surface area contributed by atoms with Gasteiger partial charge in [0.15, 0.2) is 0 Å². The molecule has 3 heteroatoms. The highest BCUT2D eigenvalue weighted by molar-refractivity contribution is 7.11. The summed E-state index contributed by atoms with van der Waals surface area (Å²) in [5.41, 5.74) is 0.292. The zero-order valence-electron chi connectivity index (χ0n) is 6.36. The highest BCUT2D eigenvalue weighted by atomic mass is 32.1. The van der Waals surface area contributed by atoms with Gasteiger partial charge in [0.2, 0.25) is 0 Å². The van der Waals surface area contributed by atoms with E-state index < -0.39 is 5.97 Å². The molecule has 2 nitrogen and oxygen atoms in total. The van der Waals surface area contributed by atoms with Gasteiger partial charge in [0.25, 0.3) is 0 Å². The lowest BCUT2D eigenvalue weighted by Crippen LogP contribution is -1.96. The number of carboxylic acids is 1. The number of allylic oxidation sites excluding steroid dienone is 2. The number of rotatable bonds is 3. The predicted molar refractivity (Wildman–Crippen MR) is 50.1 cm³/mol. The van der Waals surface area contributed by atoms with Gasteiger partial charge in [0.1, 0.15) is 0 Å². The van der Waals surface area contributed by atoms with Crippen LogP contribution in [0, 0.1) is 0 Å². The van der Waals surface area contributed by atoms with Gasteiger partial charge in [0, 0.05) is 4.88 Å². The molecule has 12 heavy (non-hydrogen) atoms. The Hall–Kier alpha value is -1.35. The molecule has 1 rings (SSSR count). The second kappa shape index (κ2) is 3.88. The van der Waals surface area contributed by atoms with Gasteiger partial charge in [-0.1, -0.05) is 18.7 Å². The van der Waals surface area contributed by atoms with Crippen LogP contribution in [0.3, 0.4) is 0 Å². The van der Waals surface area contributed by atoms with E-state index in [1.807, 2.05) is 11.4 Å². The van der Waals surface area contributed by atoms with Gasteiger partial charge in [-0.3, -0.25) is 0 Å². The van der Waals surface area contributed by atoms with Gasteiger partial charge < -0.3 is 5.11 Å². The summed E-state index contributed by atoms with van der Waals surface area (Å²) in [6.45, 7) is 3.46. The fourth-order valence-electron chi connectivity index (χ4n) is 0.808. The van der Waals surface area contributed by atoms with Crippen molar-refractivity contribution in [2.45, 2.75) is 0 Å². The van der Waals surface area contributed by atoms with Crippen LogP contribution in [-0.2, 0) is 4.79 Å². The van der Waals surface area contributed by atoms with Gasteiger partial charge in [-0.25, -0.2) is 4.79 Å². The molecule has 0 aliphatic carbocycles. The minimum absolute atomic E-state index is 0.292. The summed E-state index contributed by atoms with van der Waals surface area (Å²) in [5, 5.41) is 10.6. The van der Waals surface area contributed by atoms with Crippen molar-refractivity contribution >= 4 is 22.9 Å². The monoisotopic (exact) mass is 180 g/mol. The molecule has 0 bridgehead atoms. The van der Waals surface area contributed by atoms with Crippen molar-refractivity contribution in [1.29, 1.82) is 0 Å². The van der Waals surface area contributed by atoms with E-state index in [1.165, 1.54) is 23.5 Å². The van der Waals surface area contributed by atoms with Gasteiger partial charge in [-0.2, -0.15) is 0 Å². The Balaban J connectivity index is 3.04. The number of carboxylic acid groups (broad SMARTS) is 1. The van der Waals surface area contributed by atoms with Crippen molar-refractivity contribution in [3.63, 3.8) is 0 Å². The third-order valence-electron chi connectivity index (χ3n) is 1.30. The maximum Gasteiger partial charge on any atom is 0.337 e. The molecule has 0 fully saturated rings. The summed E-state index contributed by atoms with van der Waals surface area (Å²) < 4.78 is 0. The Morgan fingerprint density at radius 3 is 2.83 bits per heavy atom. The van der Waals surface area contributed by atoms with Crippen LogP contribution in [0.5, 0.6) is 0 Å². The first kappa shape index (κ1) is 8.74. The first-order valence-electron chi connectivity index (χ1n) is 3.35. The fourth-order valence-corrected chi connectivity index (χ4v) is 1.55. The van der Waals surface area contributed by atoms with Crippen LogP contribution >= 0.6 is 11.3 Å². The third-order valence-corrected chi connectivity index (χ3v) is 2.20. The molecule has 0 amide bonds. The Morgan fingerprint density at radius 2 is 2.42 bits per heavy atom. The van der Waals surface area contributed by atoms with Crippen LogP contribution in [0.15, 0.2) is 36.2 Å². The van der Waals surface area contributed by atoms with Crippen molar-refractivity contribution in [3.05, 3.63) is 41.1 Å². The maximum absolute atomic E-state index is 10.7. The molecule has 0 aliphatic heterocycles. The van der Waals surface area contributed by atoms with E-state index in [0.29, 0.717) is 5.57 Å². The molecular formula is C9H8O2S. The molecule has 0 atom stereocenters. The molecule has 0 saturated carbocycles. The standard InChI is InChI=1S/C9H8O2S/c1-2-4-7(9(10)11)8-5-3-6-12-8/h2-6H,1H2,(H,10,11)/b7-4+. The fraction of sp³-hybridized carbons (Fsp3) is 0. The van der Waals surface area contributed by atoms with Crippen molar-refractivity contribution in [1.82, 2.24) is 0 Å². The molecule has 0 saturated heterocycles. The zero-order chi connectivity index (χ0) is 8.97. The first-order chi connectivity index (χ1) is 5.75. The quantitative estimate of drug-likeness (QED) is 0.573. The van der Waals surface area contributed by atoms with Crippen LogP contribution in [0.25, 0.3) is 5.57 Å². The van der Waals surface area contributed by atoms with E-state index in [2.05, 4.69) is 6.58 Å². The van der Waals surface area contributed by atoms with Crippen molar-refractivity contribution in [3.8, 4) is 0 Å². The molecule has 0 spiro atoms. The number of hydrogen-bond acceptors (Lipinski definition) is 2. The summed E-state index contributed by atoms with van der Waals surface area (Å²) >= 11 is 1.40. The Kier molecular flexibility index (Phi) is 2.82. The van der Waals surface area contributed by atoms with Gasteiger partial charge in [0.05, 0.1) is 5.57 Å². The summed E-state index contributed by atoms with van der Waals surface area (Å²) in [6, 6.07) is 3.59. The number of thiophene rings is 1. The smallest absolute Gasteiger partial charge is 0.337 e. The highest BCUT2D eigenvalue weighted by Gasteiger charge is 2.08. The minimum Gasteiger partial charge on any atom is -0.478 e. The lowest BCUT2D eigenvalue weighted by molar-refractivity contribution is -0.130. The van der Waals surface area contributed by atoms with Crippen LogP contribution < -0.4 is 0 Å². The van der Waals surface area contributed by atoms with Gasteiger partial charge >= 0.3 is 5.97 Å². The van der Waals surface area contributed by atoms with Crippen molar-refractivity contribution < 1.29 is 9.90 Å². The molecule has 1 aromatic heterocycles. The second-order valence-corrected chi connectivity index (χ2v) is 3.05. The second-order valence-electron chi connectivity index (χ2n) is 2.10. The van der Waals surface area contributed by atoms with E-state index in [9.17, 15) is 4.79 Å². The normalized spacial score (nSPS) is 11.2. The summed E-state index contributed by atoms with van der Waals surface area (Å²) in [4.78, 5) is 11.4. The molecule has 0 aliphatic rings. The minimum atomic E-state index is -0.919. The van der Waals surface area contributed by atoms with E-state index in [4.69, 9.17) is 5.11 Å². The van der Waals surface area contributed by atoms with Crippen LogP contribution in [0.4, 0.5) is 0 Å². The lowest BCUT2D eigenvalue weighted by atomic mass is 10.2. The van der Waals surface area contributed by atoms with E-state index in [0.717, 1.165) is 4.88 Å². The number of hydrogen-bond donors (Lipinski definition) is 1.